The number of anilines is 1. The van der Waals surface area contributed by atoms with Crippen molar-refractivity contribution < 1.29 is 4.79 Å². The lowest BCUT2D eigenvalue weighted by molar-refractivity contribution is -0.124. The number of likely N-dealkylation sites (tertiary alicyclic amines) is 1. The van der Waals surface area contributed by atoms with Gasteiger partial charge in [-0.15, -0.1) is 0 Å². The molecule has 1 aliphatic rings. The van der Waals surface area contributed by atoms with Crippen molar-refractivity contribution in [1.29, 1.82) is 0 Å². The highest BCUT2D eigenvalue weighted by molar-refractivity contribution is 5.97. The molecule has 1 aromatic rings. The van der Waals surface area contributed by atoms with Crippen LogP contribution in [0.4, 0.5) is 5.69 Å². The topological polar surface area (TPSA) is 23.6 Å². The first kappa shape index (κ1) is 13.1. The summed E-state index contributed by atoms with van der Waals surface area (Å²) in [5.74, 6) is 0.242. The maximum atomic E-state index is 12.6. The molecular weight excluding hydrogens is 224 g/mol. The monoisotopic (exact) mass is 246 g/mol. The van der Waals surface area contributed by atoms with Crippen molar-refractivity contribution in [2.45, 2.75) is 32.2 Å². The Labute approximate surface area is 109 Å². The van der Waals surface area contributed by atoms with E-state index in [1.807, 2.05) is 42.2 Å². The molecule has 0 spiro atoms. The minimum absolute atomic E-state index is 0.0545. The summed E-state index contributed by atoms with van der Waals surface area (Å²) in [4.78, 5) is 16.7. The zero-order valence-electron chi connectivity index (χ0n) is 11.3. The van der Waals surface area contributed by atoms with E-state index in [0.29, 0.717) is 0 Å². The first-order valence-electron chi connectivity index (χ1n) is 6.80. The normalized spacial score (nSPS) is 20.7. The van der Waals surface area contributed by atoms with E-state index >= 15 is 0 Å². The number of benzene rings is 1. The van der Waals surface area contributed by atoms with Crippen LogP contribution >= 0.6 is 0 Å². The number of hydrogen-bond acceptors (Lipinski definition) is 2. The molecule has 1 saturated heterocycles. The Kier molecular flexibility index (Phi) is 4.37. The second-order valence-corrected chi connectivity index (χ2v) is 4.91. The zero-order chi connectivity index (χ0) is 13.0. The smallest absolute Gasteiger partial charge is 0.244 e. The lowest BCUT2D eigenvalue weighted by Crippen LogP contribution is -2.49. The predicted molar refractivity (Wildman–Crippen MR) is 74.7 cm³/mol. The number of carbonyl (C=O) groups is 1. The highest BCUT2D eigenvalue weighted by Gasteiger charge is 2.29. The molecule has 0 aliphatic carbocycles. The van der Waals surface area contributed by atoms with Gasteiger partial charge >= 0.3 is 0 Å². The van der Waals surface area contributed by atoms with Crippen LogP contribution in [-0.2, 0) is 4.79 Å². The van der Waals surface area contributed by atoms with Gasteiger partial charge in [0.05, 0.1) is 6.04 Å². The summed E-state index contributed by atoms with van der Waals surface area (Å²) in [7, 11) is 2.06. The van der Waals surface area contributed by atoms with E-state index in [0.717, 1.165) is 31.6 Å². The van der Waals surface area contributed by atoms with Gasteiger partial charge in [0, 0.05) is 12.2 Å². The van der Waals surface area contributed by atoms with Crippen LogP contribution in [0.2, 0.25) is 0 Å². The lowest BCUT2D eigenvalue weighted by Gasteiger charge is -2.35. The van der Waals surface area contributed by atoms with Crippen molar-refractivity contribution in [3.8, 4) is 0 Å². The molecule has 2 rings (SSSR count). The summed E-state index contributed by atoms with van der Waals surface area (Å²) in [5.41, 5.74) is 1.00. The van der Waals surface area contributed by atoms with Crippen LogP contribution in [-0.4, -0.2) is 37.0 Å². The van der Waals surface area contributed by atoms with E-state index in [1.54, 1.807) is 0 Å². The fraction of sp³-hybridized carbons (Fsp3) is 0.533. The van der Waals surface area contributed by atoms with Crippen molar-refractivity contribution in [2.24, 2.45) is 0 Å². The molecule has 1 aromatic carbocycles. The van der Waals surface area contributed by atoms with Crippen molar-refractivity contribution in [3.63, 3.8) is 0 Å². The lowest BCUT2D eigenvalue weighted by atomic mass is 10.0. The number of piperidine rings is 1. The quantitative estimate of drug-likeness (QED) is 0.818. The second kappa shape index (κ2) is 6.01. The van der Waals surface area contributed by atoms with Gasteiger partial charge in [-0.1, -0.05) is 24.6 Å². The Balaban J connectivity index is 2.15. The van der Waals surface area contributed by atoms with E-state index in [1.165, 1.54) is 6.42 Å². The summed E-state index contributed by atoms with van der Waals surface area (Å²) >= 11 is 0. The molecule has 0 saturated carbocycles. The van der Waals surface area contributed by atoms with Crippen LogP contribution < -0.4 is 4.90 Å². The highest BCUT2D eigenvalue weighted by atomic mass is 16.2. The standard InChI is InChI=1S/C15H22N2O/c1-3-17(13-9-5-4-6-10-13)15(18)14-11-7-8-12-16(14)2/h4-6,9-10,14H,3,7-8,11-12H2,1-2H3. The summed E-state index contributed by atoms with van der Waals surface area (Å²) < 4.78 is 0. The van der Waals surface area contributed by atoms with Gasteiger partial charge in [0.1, 0.15) is 0 Å². The Morgan fingerprint density at radius 3 is 2.67 bits per heavy atom. The van der Waals surface area contributed by atoms with Crippen LogP contribution in [0.3, 0.4) is 0 Å². The Morgan fingerprint density at radius 2 is 2.06 bits per heavy atom. The predicted octanol–water partition coefficient (Wildman–Crippen LogP) is 2.52. The maximum absolute atomic E-state index is 12.6. The van der Waals surface area contributed by atoms with E-state index in [2.05, 4.69) is 11.9 Å². The number of rotatable bonds is 3. The van der Waals surface area contributed by atoms with Gasteiger partial charge < -0.3 is 4.90 Å². The molecule has 3 nitrogen and oxygen atoms in total. The summed E-state index contributed by atoms with van der Waals surface area (Å²) in [6, 6.07) is 10.0. The molecule has 98 valence electrons. The number of hydrogen-bond donors (Lipinski definition) is 0. The van der Waals surface area contributed by atoms with E-state index in [9.17, 15) is 4.79 Å². The van der Waals surface area contributed by atoms with Crippen molar-refractivity contribution in [3.05, 3.63) is 30.3 Å². The average molecular weight is 246 g/mol. The molecule has 0 N–H and O–H groups in total. The minimum atomic E-state index is 0.0545. The number of para-hydroxylation sites is 1. The summed E-state index contributed by atoms with van der Waals surface area (Å²) in [5, 5.41) is 0. The molecule has 1 amide bonds. The Bertz CT molecular complexity index is 391. The van der Waals surface area contributed by atoms with Crippen molar-refractivity contribution in [1.82, 2.24) is 4.90 Å². The molecule has 1 atom stereocenters. The molecule has 0 aromatic heterocycles. The third-order valence-corrected chi connectivity index (χ3v) is 3.71. The first-order valence-corrected chi connectivity index (χ1v) is 6.80. The Hall–Kier alpha value is -1.35. The molecular formula is C15H22N2O. The van der Waals surface area contributed by atoms with E-state index in [4.69, 9.17) is 0 Å². The molecule has 1 heterocycles. The highest BCUT2D eigenvalue weighted by Crippen LogP contribution is 2.21. The van der Waals surface area contributed by atoms with Gasteiger partial charge in [0.15, 0.2) is 0 Å². The zero-order valence-corrected chi connectivity index (χ0v) is 11.3. The van der Waals surface area contributed by atoms with Crippen LogP contribution in [0.25, 0.3) is 0 Å². The van der Waals surface area contributed by atoms with Crippen molar-refractivity contribution >= 4 is 11.6 Å². The molecule has 0 radical (unpaired) electrons. The minimum Gasteiger partial charge on any atom is -0.311 e. The van der Waals surface area contributed by atoms with Gasteiger partial charge in [-0.2, -0.15) is 0 Å². The summed E-state index contributed by atoms with van der Waals surface area (Å²) in [6.45, 7) is 3.80. The van der Waals surface area contributed by atoms with Crippen LogP contribution in [0.5, 0.6) is 0 Å². The molecule has 3 heteroatoms. The molecule has 0 bridgehead atoms. The number of amides is 1. The van der Waals surface area contributed by atoms with Gasteiger partial charge in [0.25, 0.3) is 0 Å². The van der Waals surface area contributed by atoms with Gasteiger partial charge in [0.2, 0.25) is 5.91 Å². The second-order valence-electron chi connectivity index (χ2n) is 4.91. The largest absolute Gasteiger partial charge is 0.311 e. The molecule has 18 heavy (non-hydrogen) atoms. The number of nitrogens with zero attached hydrogens (tertiary/aromatic N) is 2. The third-order valence-electron chi connectivity index (χ3n) is 3.71. The number of carbonyl (C=O) groups excluding carboxylic acids is 1. The first-order chi connectivity index (χ1) is 8.74. The van der Waals surface area contributed by atoms with Gasteiger partial charge in [-0.25, -0.2) is 0 Å². The van der Waals surface area contributed by atoms with Crippen LogP contribution in [0.1, 0.15) is 26.2 Å². The number of likely N-dealkylation sites (N-methyl/N-ethyl adjacent to an activating group) is 2. The average Bonchev–Trinajstić information content (AvgIpc) is 2.41. The fourth-order valence-electron chi connectivity index (χ4n) is 2.64. The van der Waals surface area contributed by atoms with E-state index < -0.39 is 0 Å². The molecule has 1 fully saturated rings. The summed E-state index contributed by atoms with van der Waals surface area (Å²) in [6.07, 6.45) is 3.35. The maximum Gasteiger partial charge on any atom is 0.244 e. The fourth-order valence-corrected chi connectivity index (χ4v) is 2.64. The molecule has 1 aliphatic heterocycles. The van der Waals surface area contributed by atoms with Gasteiger partial charge in [-0.05, 0) is 45.5 Å². The van der Waals surface area contributed by atoms with Crippen LogP contribution in [0, 0.1) is 0 Å². The third kappa shape index (κ3) is 2.72. The van der Waals surface area contributed by atoms with Gasteiger partial charge in [-0.3, -0.25) is 9.69 Å². The van der Waals surface area contributed by atoms with Crippen LogP contribution in [0.15, 0.2) is 30.3 Å². The Morgan fingerprint density at radius 1 is 1.33 bits per heavy atom. The molecule has 1 unspecified atom stereocenters. The SMILES string of the molecule is CCN(C(=O)C1CCCCN1C)c1ccccc1. The van der Waals surface area contributed by atoms with E-state index in [-0.39, 0.29) is 11.9 Å². The van der Waals surface area contributed by atoms with Crippen molar-refractivity contribution in [2.75, 3.05) is 25.0 Å².